The molecule has 72 valence electrons. The number of hydrogen-bond acceptors (Lipinski definition) is 0. The summed E-state index contributed by atoms with van der Waals surface area (Å²) in [6.45, 7) is 9.57. The van der Waals surface area contributed by atoms with Crippen molar-refractivity contribution in [1.29, 1.82) is 0 Å². The summed E-state index contributed by atoms with van der Waals surface area (Å²) >= 11 is 0. The first-order valence-corrected chi connectivity index (χ1v) is 5.65. The van der Waals surface area contributed by atoms with E-state index in [9.17, 15) is 0 Å². The third-order valence-corrected chi connectivity index (χ3v) is 3.79. The lowest BCUT2D eigenvalue weighted by molar-refractivity contribution is 0.291. The van der Waals surface area contributed by atoms with E-state index in [0.29, 0.717) is 0 Å². The minimum Gasteiger partial charge on any atom is -0.0651 e. The molecule has 0 aromatic carbocycles. The van der Waals surface area contributed by atoms with Gasteiger partial charge in [-0.1, -0.05) is 34.1 Å². The second-order valence-corrected chi connectivity index (χ2v) is 4.91. The monoisotopic (exact) mass is 168 g/mol. The van der Waals surface area contributed by atoms with E-state index in [1.165, 1.54) is 25.7 Å². The highest BCUT2D eigenvalue weighted by atomic mass is 14.3. The van der Waals surface area contributed by atoms with Crippen LogP contribution in [0.1, 0.15) is 53.4 Å². The summed E-state index contributed by atoms with van der Waals surface area (Å²) in [5, 5.41) is 0. The maximum absolute atomic E-state index is 2.44. The fourth-order valence-electron chi connectivity index (χ4n) is 2.08. The molecule has 1 saturated carbocycles. The summed E-state index contributed by atoms with van der Waals surface area (Å²) in [5.41, 5.74) is 0. The van der Waals surface area contributed by atoms with Gasteiger partial charge >= 0.3 is 0 Å². The third-order valence-electron chi connectivity index (χ3n) is 3.79. The van der Waals surface area contributed by atoms with Crippen LogP contribution in [0, 0.1) is 23.7 Å². The van der Waals surface area contributed by atoms with Crippen LogP contribution in [0.3, 0.4) is 0 Å². The van der Waals surface area contributed by atoms with E-state index in [4.69, 9.17) is 0 Å². The van der Waals surface area contributed by atoms with E-state index in [-0.39, 0.29) is 0 Å². The van der Waals surface area contributed by atoms with Gasteiger partial charge in [0.25, 0.3) is 0 Å². The molecule has 1 rings (SSSR count). The van der Waals surface area contributed by atoms with E-state index >= 15 is 0 Å². The average molecular weight is 168 g/mol. The maximum atomic E-state index is 2.44. The molecule has 0 spiro atoms. The Morgan fingerprint density at radius 1 is 1.08 bits per heavy atom. The summed E-state index contributed by atoms with van der Waals surface area (Å²) in [5.74, 6) is 3.95. The van der Waals surface area contributed by atoms with Crippen LogP contribution >= 0.6 is 0 Å². The first-order valence-electron chi connectivity index (χ1n) is 5.65. The molecule has 3 unspecified atom stereocenters. The highest BCUT2D eigenvalue weighted by Crippen LogP contribution is 2.40. The van der Waals surface area contributed by atoms with Crippen LogP contribution in [-0.2, 0) is 0 Å². The summed E-state index contributed by atoms with van der Waals surface area (Å²) in [4.78, 5) is 0. The van der Waals surface area contributed by atoms with Crippen molar-refractivity contribution in [3.05, 3.63) is 0 Å². The highest BCUT2D eigenvalue weighted by molar-refractivity contribution is 4.80. The quantitative estimate of drug-likeness (QED) is 0.579. The molecular weight excluding hydrogens is 144 g/mol. The standard InChI is InChI=1S/C12H24/c1-5-9(2)10(3)8-11(4)12-6-7-12/h9-12H,5-8H2,1-4H3. The first kappa shape index (κ1) is 10.1. The van der Waals surface area contributed by atoms with Crippen molar-refractivity contribution >= 4 is 0 Å². The van der Waals surface area contributed by atoms with Crippen molar-refractivity contribution in [2.75, 3.05) is 0 Å². The third kappa shape index (κ3) is 2.80. The van der Waals surface area contributed by atoms with Gasteiger partial charge in [-0.25, -0.2) is 0 Å². The van der Waals surface area contributed by atoms with Crippen molar-refractivity contribution in [1.82, 2.24) is 0 Å². The first-order chi connectivity index (χ1) is 5.65. The number of rotatable bonds is 5. The van der Waals surface area contributed by atoms with Gasteiger partial charge < -0.3 is 0 Å². The van der Waals surface area contributed by atoms with E-state index < -0.39 is 0 Å². The minimum atomic E-state index is 0.922. The molecule has 0 heteroatoms. The van der Waals surface area contributed by atoms with Gasteiger partial charge in [-0.05, 0) is 42.9 Å². The van der Waals surface area contributed by atoms with Gasteiger partial charge in [-0.3, -0.25) is 0 Å². The molecule has 0 aromatic rings. The fraction of sp³-hybridized carbons (Fsp3) is 1.00. The Morgan fingerprint density at radius 3 is 2.08 bits per heavy atom. The van der Waals surface area contributed by atoms with Gasteiger partial charge in [0.1, 0.15) is 0 Å². The molecule has 0 nitrogen and oxygen atoms in total. The molecule has 0 bridgehead atoms. The highest BCUT2D eigenvalue weighted by Gasteiger charge is 2.29. The summed E-state index contributed by atoms with van der Waals surface area (Å²) in [6.07, 6.45) is 5.82. The van der Waals surface area contributed by atoms with Gasteiger partial charge in [0, 0.05) is 0 Å². The van der Waals surface area contributed by atoms with Gasteiger partial charge in [0.15, 0.2) is 0 Å². The van der Waals surface area contributed by atoms with E-state index in [1.807, 2.05) is 0 Å². The predicted octanol–water partition coefficient (Wildman–Crippen LogP) is 4.10. The average Bonchev–Trinajstić information content (AvgIpc) is 2.84. The van der Waals surface area contributed by atoms with Crippen LogP contribution in [0.15, 0.2) is 0 Å². The second-order valence-electron chi connectivity index (χ2n) is 4.91. The molecule has 0 saturated heterocycles. The van der Waals surface area contributed by atoms with Gasteiger partial charge in [-0.15, -0.1) is 0 Å². The van der Waals surface area contributed by atoms with Crippen LogP contribution in [0.4, 0.5) is 0 Å². The van der Waals surface area contributed by atoms with Crippen molar-refractivity contribution in [3.63, 3.8) is 0 Å². The van der Waals surface area contributed by atoms with E-state index in [2.05, 4.69) is 27.7 Å². The zero-order valence-corrected chi connectivity index (χ0v) is 9.14. The lowest BCUT2D eigenvalue weighted by Crippen LogP contribution is -2.12. The Labute approximate surface area is 77.7 Å². The van der Waals surface area contributed by atoms with Crippen LogP contribution in [0.25, 0.3) is 0 Å². The smallest absolute Gasteiger partial charge is 0.0388 e. The van der Waals surface area contributed by atoms with Gasteiger partial charge in [-0.2, -0.15) is 0 Å². The fourth-order valence-corrected chi connectivity index (χ4v) is 2.08. The molecule has 3 atom stereocenters. The van der Waals surface area contributed by atoms with Crippen LogP contribution < -0.4 is 0 Å². The molecule has 0 amide bonds. The van der Waals surface area contributed by atoms with Crippen molar-refractivity contribution < 1.29 is 0 Å². The van der Waals surface area contributed by atoms with Crippen molar-refractivity contribution in [2.45, 2.75) is 53.4 Å². The Balaban J connectivity index is 2.19. The Kier molecular flexibility index (Phi) is 3.61. The molecule has 1 fully saturated rings. The van der Waals surface area contributed by atoms with Gasteiger partial charge in [0.05, 0.1) is 0 Å². The SMILES string of the molecule is CCC(C)C(C)CC(C)C1CC1. The molecule has 0 heterocycles. The maximum Gasteiger partial charge on any atom is -0.0388 e. The largest absolute Gasteiger partial charge is 0.0651 e. The Hall–Kier alpha value is 0. The molecule has 0 radical (unpaired) electrons. The zero-order chi connectivity index (χ0) is 9.14. The molecule has 0 aliphatic heterocycles. The van der Waals surface area contributed by atoms with Crippen LogP contribution in [0.5, 0.6) is 0 Å². The van der Waals surface area contributed by atoms with Crippen molar-refractivity contribution in [2.24, 2.45) is 23.7 Å². The summed E-state index contributed by atoms with van der Waals surface area (Å²) in [7, 11) is 0. The normalized spacial score (nSPS) is 25.0. The number of hydrogen-bond donors (Lipinski definition) is 0. The summed E-state index contributed by atoms with van der Waals surface area (Å²) in [6, 6.07) is 0. The van der Waals surface area contributed by atoms with Gasteiger partial charge in [0.2, 0.25) is 0 Å². The van der Waals surface area contributed by atoms with Crippen LogP contribution in [-0.4, -0.2) is 0 Å². The summed E-state index contributed by atoms with van der Waals surface area (Å²) < 4.78 is 0. The predicted molar refractivity (Wildman–Crippen MR) is 55.1 cm³/mol. The van der Waals surface area contributed by atoms with Crippen LogP contribution in [0.2, 0.25) is 0 Å². The lowest BCUT2D eigenvalue weighted by Gasteiger charge is -2.21. The Morgan fingerprint density at radius 2 is 1.67 bits per heavy atom. The molecule has 1 aliphatic carbocycles. The zero-order valence-electron chi connectivity index (χ0n) is 9.14. The van der Waals surface area contributed by atoms with Crippen molar-refractivity contribution in [3.8, 4) is 0 Å². The lowest BCUT2D eigenvalue weighted by atomic mass is 9.84. The second kappa shape index (κ2) is 4.30. The molecule has 0 N–H and O–H groups in total. The minimum absolute atomic E-state index is 0.922. The molecule has 1 aliphatic rings. The molecule has 0 aromatic heterocycles. The molecular formula is C12H24. The Bertz CT molecular complexity index is 124. The topological polar surface area (TPSA) is 0 Å². The van der Waals surface area contributed by atoms with E-state index in [0.717, 1.165) is 23.7 Å². The molecule has 12 heavy (non-hydrogen) atoms. The van der Waals surface area contributed by atoms with E-state index in [1.54, 1.807) is 0 Å².